The molecule has 0 aliphatic rings. The zero-order valence-corrected chi connectivity index (χ0v) is 15.6. The van der Waals surface area contributed by atoms with Gasteiger partial charge in [-0.15, -0.1) is 0 Å². The number of esters is 1. The maximum Gasteiger partial charge on any atom is 0.374 e. The molecule has 2 rings (SSSR count). The third kappa shape index (κ3) is 4.73. The molecule has 9 heteroatoms. The van der Waals surface area contributed by atoms with Crippen molar-refractivity contribution in [3.05, 3.63) is 52.3 Å². The summed E-state index contributed by atoms with van der Waals surface area (Å²) in [7, 11) is 0. The molecule has 146 valence electrons. The molecule has 1 amide bonds. The molecule has 0 radical (unpaired) electrons. The van der Waals surface area contributed by atoms with Gasteiger partial charge in [-0.1, -0.05) is 13.8 Å². The second-order valence-electron chi connectivity index (χ2n) is 6.56. The van der Waals surface area contributed by atoms with E-state index in [4.69, 9.17) is 9.15 Å². The highest BCUT2D eigenvalue weighted by atomic mass is 16.6. The Hall–Kier alpha value is -3.67. The molecule has 0 aliphatic heterocycles. The van der Waals surface area contributed by atoms with Gasteiger partial charge in [0.2, 0.25) is 5.76 Å². The predicted octanol–water partition coefficient (Wildman–Crippen LogP) is 3.07. The lowest BCUT2D eigenvalue weighted by Crippen LogP contribution is -2.50. The van der Waals surface area contributed by atoms with Gasteiger partial charge in [0.05, 0.1) is 11.0 Å². The molecule has 1 aromatic carbocycles. The topological polar surface area (TPSA) is 135 Å². The van der Waals surface area contributed by atoms with Crippen LogP contribution in [0.3, 0.4) is 0 Å². The second kappa shape index (κ2) is 8.35. The van der Waals surface area contributed by atoms with Crippen LogP contribution in [-0.2, 0) is 9.53 Å². The average molecular weight is 385 g/mol. The summed E-state index contributed by atoms with van der Waals surface area (Å²) < 4.78 is 10.3. The summed E-state index contributed by atoms with van der Waals surface area (Å²) in [6, 6.07) is 10.6. The number of nitro benzene ring substituents is 1. The van der Waals surface area contributed by atoms with Gasteiger partial charge in [-0.2, -0.15) is 5.26 Å². The number of nitriles is 1. The molecule has 0 aliphatic carbocycles. The van der Waals surface area contributed by atoms with Gasteiger partial charge in [-0.25, -0.2) is 4.79 Å². The Kier molecular flexibility index (Phi) is 6.15. The number of nitrogens with zero attached hydrogens (tertiary/aromatic N) is 2. The van der Waals surface area contributed by atoms with Crippen LogP contribution in [0.1, 0.15) is 31.3 Å². The van der Waals surface area contributed by atoms with Crippen molar-refractivity contribution in [2.24, 2.45) is 5.92 Å². The van der Waals surface area contributed by atoms with Gasteiger partial charge in [0, 0.05) is 17.7 Å². The summed E-state index contributed by atoms with van der Waals surface area (Å²) in [6.45, 7) is 4.60. The number of carbonyl (C=O) groups excluding carboxylic acids is 2. The zero-order chi connectivity index (χ0) is 20.9. The third-order valence-corrected chi connectivity index (χ3v) is 4.29. The van der Waals surface area contributed by atoms with Crippen LogP contribution in [0.15, 0.2) is 40.8 Å². The molecule has 1 unspecified atom stereocenters. The Balaban J connectivity index is 1.98. The van der Waals surface area contributed by atoms with E-state index in [2.05, 4.69) is 5.32 Å². The molecule has 1 aromatic heterocycles. The fourth-order valence-corrected chi connectivity index (χ4v) is 2.18. The van der Waals surface area contributed by atoms with Crippen molar-refractivity contribution >= 4 is 17.6 Å². The van der Waals surface area contributed by atoms with Gasteiger partial charge in [0.25, 0.3) is 11.6 Å². The molecule has 28 heavy (non-hydrogen) atoms. The molecular weight excluding hydrogens is 366 g/mol. The van der Waals surface area contributed by atoms with E-state index >= 15 is 0 Å². The van der Waals surface area contributed by atoms with E-state index in [9.17, 15) is 25.0 Å². The van der Waals surface area contributed by atoms with Crippen molar-refractivity contribution in [1.82, 2.24) is 5.32 Å². The standard InChI is InChI=1S/C19H19N3O6/c1-12(2)19(3,11-20)21-17(23)10-27-18(24)16-9-8-15(28-16)13-4-6-14(7-5-13)22(25)26/h4-9,12H,10H2,1-3H3,(H,21,23). The average Bonchev–Trinajstić information content (AvgIpc) is 3.16. The molecule has 1 N–H and O–H groups in total. The zero-order valence-electron chi connectivity index (χ0n) is 15.6. The minimum absolute atomic E-state index is 0.0632. The summed E-state index contributed by atoms with van der Waals surface area (Å²) in [6.07, 6.45) is 0. The minimum atomic E-state index is -1.07. The van der Waals surface area contributed by atoms with Crippen molar-refractivity contribution in [1.29, 1.82) is 5.26 Å². The molecule has 9 nitrogen and oxygen atoms in total. The van der Waals surface area contributed by atoms with Crippen molar-refractivity contribution < 1.29 is 23.7 Å². The van der Waals surface area contributed by atoms with Gasteiger partial charge >= 0.3 is 5.97 Å². The first-order valence-corrected chi connectivity index (χ1v) is 8.40. The van der Waals surface area contributed by atoms with E-state index in [-0.39, 0.29) is 17.4 Å². The third-order valence-electron chi connectivity index (χ3n) is 4.29. The van der Waals surface area contributed by atoms with E-state index < -0.39 is 28.9 Å². The van der Waals surface area contributed by atoms with Gasteiger partial charge < -0.3 is 14.5 Å². The number of furan rings is 1. The highest BCUT2D eigenvalue weighted by Crippen LogP contribution is 2.24. The van der Waals surface area contributed by atoms with Gasteiger partial charge in [-0.3, -0.25) is 14.9 Å². The summed E-state index contributed by atoms with van der Waals surface area (Å²) in [4.78, 5) is 34.2. The number of ether oxygens (including phenoxy) is 1. The highest BCUT2D eigenvalue weighted by molar-refractivity contribution is 5.89. The Morgan fingerprint density at radius 3 is 2.46 bits per heavy atom. The fourth-order valence-electron chi connectivity index (χ4n) is 2.18. The fraction of sp³-hybridized carbons (Fsp3) is 0.316. The first-order chi connectivity index (χ1) is 13.2. The summed E-state index contributed by atoms with van der Waals surface area (Å²) in [5.41, 5.74) is -0.590. The Bertz CT molecular complexity index is 926. The number of nitro groups is 1. The maximum atomic E-state index is 12.1. The van der Waals surface area contributed by atoms with E-state index in [1.165, 1.54) is 36.4 Å². The lowest BCUT2D eigenvalue weighted by atomic mass is 9.90. The number of amides is 1. The number of benzene rings is 1. The molecule has 0 bridgehead atoms. The van der Waals surface area contributed by atoms with Crippen LogP contribution in [0.25, 0.3) is 11.3 Å². The van der Waals surface area contributed by atoms with Crippen molar-refractivity contribution in [3.8, 4) is 17.4 Å². The van der Waals surface area contributed by atoms with Gasteiger partial charge in [0.1, 0.15) is 11.3 Å². The molecule has 0 spiro atoms. The van der Waals surface area contributed by atoms with E-state index in [0.717, 1.165) is 0 Å². The van der Waals surface area contributed by atoms with Crippen LogP contribution in [-0.4, -0.2) is 28.9 Å². The Labute approximate surface area is 161 Å². The quantitative estimate of drug-likeness (QED) is 0.439. The molecular formula is C19H19N3O6. The number of non-ortho nitro benzene ring substituents is 1. The van der Waals surface area contributed by atoms with Gasteiger partial charge in [0.15, 0.2) is 6.61 Å². The molecule has 1 heterocycles. The molecule has 0 saturated carbocycles. The van der Waals surface area contributed by atoms with Crippen LogP contribution in [0.2, 0.25) is 0 Å². The molecule has 0 fully saturated rings. The van der Waals surface area contributed by atoms with Crippen LogP contribution in [0.4, 0.5) is 5.69 Å². The van der Waals surface area contributed by atoms with Crippen molar-refractivity contribution in [2.75, 3.05) is 6.61 Å². The largest absolute Gasteiger partial charge is 0.450 e. The van der Waals surface area contributed by atoms with Crippen LogP contribution >= 0.6 is 0 Å². The lowest BCUT2D eigenvalue weighted by molar-refractivity contribution is -0.384. The Morgan fingerprint density at radius 1 is 1.29 bits per heavy atom. The highest BCUT2D eigenvalue weighted by Gasteiger charge is 2.30. The van der Waals surface area contributed by atoms with Crippen LogP contribution in [0, 0.1) is 27.4 Å². The maximum absolute atomic E-state index is 12.1. The van der Waals surface area contributed by atoms with E-state index in [0.29, 0.717) is 11.3 Å². The van der Waals surface area contributed by atoms with Crippen molar-refractivity contribution in [3.63, 3.8) is 0 Å². The van der Waals surface area contributed by atoms with Crippen molar-refractivity contribution in [2.45, 2.75) is 26.3 Å². The number of hydrogen-bond acceptors (Lipinski definition) is 7. The van der Waals surface area contributed by atoms with E-state index in [1.54, 1.807) is 20.8 Å². The number of nitrogens with one attached hydrogen (secondary N) is 1. The predicted molar refractivity (Wildman–Crippen MR) is 98.1 cm³/mol. The van der Waals surface area contributed by atoms with Gasteiger partial charge in [-0.05, 0) is 37.1 Å². The first kappa shape index (κ1) is 20.6. The SMILES string of the molecule is CC(C)C(C)(C#N)NC(=O)COC(=O)c1ccc(-c2ccc([N+](=O)[O-])cc2)o1. The smallest absolute Gasteiger partial charge is 0.374 e. The normalized spacial score (nSPS) is 12.7. The van der Waals surface area contributed by atoms with Crippen LogP contribution < -0.4 is 5.32 Å². The number of carbonyl (C=O) groups is 2. The first-order valence-electron chi connectivity index (χ1n) is 8.40. The van der Waals surface area contributed by atoms with Crippen LogP contribution in [0.5, 0.6) is 0 Å². The monoisotopic (exact) mass is 385 g/mol. The molecule has 0 saturated heterocycles. The lowest BCUT2D eigenvalue weighted by Gasteiger charge is -2.27. The summed E-state index contributed by atoms with van der Waals surface area (Å²) in [5.74, 6) is -1.37. The van der Waals surface area contributed by atoms with E-state index in [1.807, 2.05) is 6.07 Å². The number of hydrogen-bond donors (Lipinski definition) is 1. The minimum Gasteiger partial charge on any atom is -0.450 e. The number of rotatable bonds is 7. The summed E-state index contributed by atoms with van der Waals surface area (Å²) in [5, 5.41) is 22.4. The molecule has 2 aromatic rings. The Morgan fingerprint density at radius 2 is 1.93 bits per heavy atom. The second-order valence-corrected chi connectivity index (χ2v) is 6.56. The molecule has 1 atom stereocenters. The summed E-state index contributed by atoms with van der Waals surface area (Å²) >= 11 is 0.